The van der Waals surface area contributed by atoms with Gasteiger partial charge in [-0.3, -0.25) is 9.59 Å². The lowest BCUT2D eigenvalue weighted by molar-refractivity contribution is -0.138. The highest BCUT2D eigenvalue weighted by atomic mass is 79.9. The van der Waals surface area contributed by atoms with E-state index >= 15 is 0 Å². The topological polar surface area (TPSA) is 73.2 Å². The Morgan fingerprint density at radius 3 is 2.94 bits per heavy atom. The molecule has 1 N–H and O–H groups in total. The van der Waals surface area contributed by atoms with Gasteiger partial charge in [0.2, 0.25) is 0 Å². The Kier molecular flexibility index (Phi) is 5.84. The minimum Gasteiger partial charge on any atom is -0.468 e. The van der Waals surface area contributed by atoms with Crippen molar-refractivity contribution in [1.29, 1.82) is 0 Å². The molecule has 1 aromatic rings. The summed E-state index contributed by atoms with van der Waals surface area (Å²) in [5.41, 5.74) is 0.275. The molecule has 0 unspecified atom stereocenters. The molecule has 1 aromatic heterocycles. The summed E-state index contributed by atoms with van der Waals surface area (Å²) in [6.45, 7) is 2.63. The van der Waals surface area contributed by atoms with Gasteiger partial charge in [0.05, 0.1) is 19.0 Å². The van der Waals surface area contributed by atoms with Gasteiger partial charge in [-0.05, 0) is 22.4 Å². The van der Waals surface area contributed by atoms with Crippen LogP contribution < -0.4 is 10.9 Å². The van der Waals surface area contributed by atoms with E-state index in [1.165, 1.54) is 18.0 Å². The number of aromatic nitrogens is 2. The maximum Gasteiger partial charge on any atom is 0.325 e. The van der Waals surface area contributed by atoms with Crippen LogP contribution in [0.5, 0.6) is 0 Å². The molecule has 7 heteroatoms. The average molecular weight is 318 g/mol. The third-order valence-corrected chi connectivity index (χ3v) is 3.13. The quantitative estimate of drug-likeness (QED) is 0.803. The van der Waals surface area contributed by atoms with Crippen LogP contribution in [-0.2, 0) is 16.1 Å². The fourth-order valence-electron chi connectivity index (χ4n) is 1.30. The Morgan fingerprint density at radius 1 is 1.61 bits per heavy atom. The standard InChI is InChI=1S/C11H16BrN3O3/c1-3-4-5-15-11(17)10(12)8(6-14-15)13-7-9(16)18-2/h6,13H,3-5,7H2,1-2H3. The first-order valence-corrected chi connectivity index (χ1v) is 6.45. The van der Waals surface area contributed by atoms with E-state index in [-0.39, 0.29) is 12.1 Å². The molecule has 0 atom stereocenters. The van der Waals surface area contributed by atoms with Gasteiger partial charge in [0.25, 0.3) is 5.56 Å². The zero-order valence-corrected chi connectivity index (χ0v) is 12.0. The first-order chi connectivity index (χ1) is 8.60. The molecule has 0 aliphatic rings. The van der Waals surface area contributed by atoms with E-state index in [0.29, 0.717) is 16.7 Å². The van der Waals surface area contributed by atoms with Crippen LogP contribution in [0.4, 0.5) is 5.69 Å². The predicted molar refractivity (Wildman–Crippen MR) is 71.6 cm³/mol. The van der Waals surface area contributed by atoms with Crippen molar-refractivity contribution in [3.63, 3.8) is 0 Å². The van der Waals surface area contributed by atoms with Gasteiger partial charge >= 0.3 is 5.97 Å². The average Bonchev–Trinajstić information content (AvgIpc) is 2.39. The number of anilines is 1. The van der Waals surface area contributed by atoms with Gasteiger partial charge in [0.15, 0.2) is 0 Å². The summed E-state index contributed by atoms with van der Waals surface area (Å²) < 4.78 is 6.27. The summed E-state index contributed by atoms with van der Waals surface area (Å²) in [6, 6.07) is 0. The van der Waals surface area contributed by atoms with Crippen LogP contribution in [0.2, 0.25) is 0 Å². The lowest BCUT2D eigenvalue weighted by Gasteiger charge is -2.09. The van der Waals surface area contributed by atoms with Crippen LogP contribution in [0.15, 0.2) is 15.5 Å². The number of halogens is 1. The maximum absolute atomic E-state index is 11.9. The number of nitrogens with one attached hydrogen (secondary N) is 1. The molecular formula is C11H16BrN3O3. The predicted octanol–water partition coefficient (Wildman–Crippen LogP) is 1.39. The van der Waals surface area contributed by atoms with Crippen molar-refractivity contribution in [2.45, 2.75) is 26.3 Å². The molecule has 0 saturated heterocycles. The van der Waals surface area contributed by atoms with Crippen LogP contribution in [0.25, 0.3) is 0 Å². The van der Waals surface area contributed by atoms with Crippen molar-refractivity contribution in [2.24, 2.45) is 0 Å². The van der Waals surface area contributed by atoms with Gasteiger partial charge in [0.1, 0.15) is 11.0 Å². The van der Waals surface area contributed by atoms with Crippen molar-refractivity contribution in [3.05, 3.63) is 21.0 Å². The van der Waals surface area contributed by atoms with Crippen molar-refractivity contribution >= 4 is 27.6 Å². The highest BCUT2D eigenvalue weighted by Gasteiger charge is 2.09. The van der Waals surface area contributed by atoms with Crippen molar-refractivity contribution in [2.75, 3.05) is 19.0 Å². The van der Waals surface area contributed by atoms with Crippen LogP contribution in [0.1, 0.15) is 19.8 Å². The highest BCUT2D eigenvalue weighted by Crippen LogP contribution is 2.15. The number of hydrogen-bond acceptors (Lipinski definition) is 5. The van der Waals surface area contributed by atoms with E-state index in [4.69, 9.17) is 0 Å². The summed E-state index contributed by atoms with van der Waals surface area (Å²) in [6.07, 6.45) is 3.41. The third kappa shape index (κ3) is 3.83. The van der Waals surface area contributed by atoms with E-state index in [0.717, 1.165) is 12.8 Å². The Balaban J connectivity index is 2.80. The molecule has 0 bridgehead atoms. The van der Waals surface area contributed by atoms with Gasteiger partial charge in [0, 0.05) is 6.54 Å². The zero-order valence-electron chi connectivity index (χ0n) is 10.4. The van der Waals surface area contributed by atoms with Gasteiger partial charge in [-0.15, -0.1) is 0 Å². The summed E-state index contributed by atoms with van der Waals surface area (Å²) in [5, 5.41) is 6.83. The molecule has 1 heterocycles. The van der Waals surface area contributed by atoms with Gasteiger partial charge in [-0.2, -0.15) is 5.10 Å². The second kappa shape index (κ2) is 7.15. The number of rotatable bonds is 6. The lowest BCUT2D eigenvalue weighted by Crippen LogP contribution is -2.25. The molecular weight excluding hydrogens is 302 g/mol. The van der Waals surface area contributed by atoms with E-state index in [1.807, 2.05) is 6.92 Å². The number of aryl methyl sites for hydroxylation is 1. The second-order valence-corrected chi connectivity index (χ2v) is 4.48. The van der Waals surface area contributed by atoms with E-state index in [2.05, 4.69) is 31.1 Å². The van der Waals surface area contributed by atoms with Crippen molar-refractivity contribution < 1.29 is 9.53 Å². The fraction of sp³-hybridized carbons (Fsp3) is 0.545. The summed E-state index contributed by atoms with van der Waals surface area (Å²) >= 11 is 3.21. The van der Waals surface area contributed by atoms with Crippen molar-refractivity contribution in [3.8, 4) is 0 Å². The number of carbonyl (C=O) groups is 1. The molecule has 6 nitrogen and oxygen atoms in total. The number of methoxy groups -OCH3 is 1. The molecule has 100 valence electrons. The molecule has 0 aromatic carbocycles. The minimum absolute atomic E-state index is 0.00477. The van der Waals surface area contributed by atoms with E-state index in [1.54, 1.807) is 0 Å². The first-order valence-electron chi connectivity index (χ1n) is 5.66. The molecule has 1 rings (SSSR count). The van der Waals surface area contributed by atoms with Crippen LogP contribution in [-0.4, -0.2) is 29.4 Å². The summed E-state index contributed by atoms with van der Waals surface area (Å²) in [5.74, 6) is -0.405. The van der Waals surface area contributed by atoms with Crippen LogP contribution in [0.3, 0.4) is 0 Å². The van der Waals surface area contributed by atoms with E-state index < -0.39 is 5.97 Å². The monoisotopic (exact) mass is 317 g/mol. The van der Waals surface area contributed by atoms with Gasteiger partial charge in [-0.1, -0.05) is 13.3 Å². The third-order valence-electron chi connectivity index (χ3n) is 2.36. The van der Waals surface area contributed by atoms with Crippen LogP contribution in [0, 0.1) is 0 Å². The highest BCUT2D eigenvalue weighted by molar-refractivity contribution is 9.10. The largest absolute Gasteiger partial charge is 0.468 e. The Labute approximate surface area is 113 Å². The maximum atomic E-state index is 11.9. The number of esters is 1. The molecule has 18 heavy (non-hydrogen) atoms. The number of unbranched alkanes of at least 4 members (excludes halogenated alkanes) is 1. The smallest absolute Gasteiger partial charge is 0.325 e. The molecule has 0 fully saturated rings. The normalized spacial score (nSPS) is 10.2. The summed E-state index contributed by atoms with van der Waals surface area (Å²) in [7, 11) is 1.31. The summed E-state index contributed by atoms with van der Waals surface area (Å²) in [4.78, 5) is 22.9. The van der Waals surface area contributed by atoms with Crippen LogP contribution >= 0.6 is 15.9 Å². The molecule has 0 radical (unpaired) electrons. The minimum atomic E-state index is -0.405. The molecule has 0 aliphatic carbocycles. The number of carbonyl (C=O) groups excluding carboxylic acids is 1. The molecule has 0 saturated carbocycles. The van der Waals surface area contributed by atoms with Crippen molar-refractivity contribution in [1.82, 2.24) is 9.78 Å². The van der Waals surface area contributed by atoms with Gasteiger partial charge in [-0.25, -0.2) is 4.68 Å². The lowest BCUT2D eigenvalue weighted by atomic mass is 10.3. The van der Waals surface area contributed by atoms with Gasteiger partial charge < -0.3 is 10.1 Å². The molecule has 0 spiro atoms. The Bertz CT molecular complexity index is 473. The number of nitrogens with zero attached hydrogens (tertiary/aromatic N) is 2. The SMILES string of the molecule is CCCCn1ncc(NCC(=O)OC)c(Br)c1=O. The number of hydrogen-bond donors (Lipinski definition) is 1. The molecule has 0 amide bonds. The Hall–Kier alpha value is -1.37. The second-order valence-electron chi connectivity index (χ2n) is 3.68. The first kappa shape index (κ1) is 14.7. The number of ether oxygens (including phenoxy) is 1. The Morgan fingerprint density at radius 2 is 2.33 bits per heavy atom. The molecule has 0 aliphatic heterocycles. The zero-order chi connectivity index (χ0) is 13.5. The fourth-order valence-corrected chi connectivity index (χ4v) is 1.74. The van der Waals surface area contributed by atoms with E-state index in [9.17, 15) is 9.59 Å².